The molecule has 1 N–H and O–H groups in total. The summed E-state index contributed by atoms with van der Waals surface area (Å²) in [6, 6.07) is 2.38. The van der Waals surface area contributed by atoms with Gasteiger partial charge in [-0.15, -0.1) is 11.3 Å². The molecule has 0 saturated carbocycles. The monoisotopic (exact) mass is 293 g/mol. The van der Waals surface area contributed by atoms with Gasteiger partial charge in [-0.1, -0.05) is 0 Å². The van der Waals surface area contributed by atoms with Gasteiger partial charge in [0.05, 0.1) is 23.6 Å². The van der Waals surface area contributed by atoms with Gasteiger partial charge in [0.15, 0.2) is 4.96 Å². The number of fused-ring (bicyclic) bond motifs is 1. The third-order valence-electron chi connectivity index (χ3n) is 3.26. The molecule has 0 atom stereocenters. The molecule has 0 bridgehead atoms. The van der Waals surface area contributed by atoms with Crippen molar-refractivity contribution in [1.29, 1.82) is 0 Å². The Morgan fingerprint density at radius 2 is 2.05 bits per heavy atom. The van der Waals surface area contributed by atoms with Crippen LogP contribution in [0.4, 0.5) is 14.5 Å². The second-order valence-electron chi connectivity index (χ2n) is 4.63. The van der Waals surface area contributed by atoms with Crippen LogP contribution in [0, 0.1) is 25.5 Å². The third-order valence-corrected chi connectivity index (χ3v) is 4.01. The normalized spacial score (nSPS) is 11.2. The zero-order valence-corrected chi connectivity index (χ0v) is 11.9. The first-order chi connectivity index (χ1) is 9.56. The summed E-state index contributed by atoms with van der Waals surface area (Å²) < 4.78 is 29.2. The smallest absolute Gasteiger partial charge is 0.194 e. The molecule has 1 aromatic carbocycles. The molecule has 3 aromatic rings. The van der Waals surface area contributed by atoms with Gasteiger partial charge in [-0.2, -0.15) is 0 Å². The number of aryl methyl sites for hydroxylation is 2. The molecule has 0 fully saturated rings. The SMILES string of the molecule is Cc1cc(F)c(NCc2c(C)nc3sccn23)cc1F. The van der Waals surface area contributed by atoms with Crippen molar-refractivity contribution < 1.29 is 8.78 Å². The van der Waals surface area contributed by atoms with Crippen LogP contribution in [0.25, 0.3) is 4.96 Å². The lowest BCUT2D eigenvalue weighted by Gasteiger charge is -2.09. The van der Waals surface area contributed by atoms with E-state index < -0.39 is 11.6 Å². The lowest BCUT2D eigenvalue weighted by molar-refractivity contribution is 0.594. The summed E-state index contributed by atoms with van der Waals surface area (Å²) in [5.74, 6) is -0.868. The molecular formula is C14H13F2N3S. The van der Waals surface area contributed by atoms with E-state index in [0.29, 0.717) is 12.1 Å². The number of thiazole rings is 1. The number of halogens is 2. The molecule has 104 valence electrons. The molecule has 0 spiro atoms. The number of nitrogens with zero attached hydrogens (tertiary/aromatic N) is 2. The molecule has 0 unspecified atom stereocenters. The van der Waals surface area contributed by atoms with Crippen molar-refractivity contribution in [2.45, 2.75) is 20.4 Å². The van der Waals surface area contributed by atoms with Gasteiger partial charge in [0.2, 0.25) is 0 Å². The topological polar surface area (TPSA) is 29.3 Å². The summed E-state index contributed by atoms with van der Waals surface area (Å²) in [5.41, 5.74) is 2.30. The van der Waals surface area contributed by atoms with E-state index >= 15 is 0 Å². The molecule has 0 aliphatic carbocycles. The molecule has 3 rings (SSSR count). The molecule has 0 amide bonds. The summed E-state index contributed by atoms with van der Waals surface area (Å²) in [5, 5.41) is 4.88. The summed E-state index contributed by atoms with van der Waals surface area (Å²) >= 11 is 1.54. The van der Waals surface area contributed by atoms with Gasteiger partial charge in [-0.05, 0) is 25.5 Å². The van der Waals surface area contributed by atoms with Crippen LogP contribution in [-0.2, 0) is 6.54 Å². The minimum absolute atomic E-state index is 0.165. The summed E-state index contributed by atoms with van der Waals surface area (Å²) in [6.07, 6.45) is 1.92. The predicted octanol–water partition coefficient (Wildman–Crippen LogP) is 3.90. The van der Waals surface area contributed by atoms with Gasteiger partial charge in [-0.25, -0.2) is 13.8 Å². The first-order valence-electron chi connectivity index (χ1n) is 6.17. The van der Waals surface area contributed by atoms with Crippen molar-refractivity contribution in [2.24, 2.45) is 0 Å². The number of nitrogens with one attached hydrogen (secondary N) is 1. The summed E-state index contributed by atoms with van der Waals surface area (Å²) in [4.78, 5) is 5.31. The molecule has 0 aliphatic rings. The molecule has 2 heterocycles. The van der Waals surface area contributed by atoms with E-state index in [0.717, 1.165) is 16.3 Å². The number of hydrogen-bond donors (Lipinski definition) is 1. The highest BCUT2D eigenvalue weighted by Crippen LogP contribution is 2.21. The lowest BCUT2D eigenvalue weighted by Crippen LogP contribution is -2.05. The van der Waals surface area contributed by atoms with Crippen molar-refractivity contribution in [2.75, 3.05) is 5.32 Å². The van der Waals surface area contributed by atoms with Crippen molar-refractivity contribution >= 4 is 22.0 Å². The minimum Gasteiger partial charge on any atom is -0.377 e. The Bertz CT molecular complexity index is 776. The minimum atomic E-state index is -0.451. The third kappa shape index (κ3) is 2.16. The number of hydrogen-bond acceptors (Lipinski definition) is 3. The quantitative estimate of drug-likeness (QED) is 0.793. The second-order valence-corrected chi connectivity index (χ2v) is 5.51. The lowest BCUT2D eigenvalue weighted by atomic mass is 10.2. The van der Waals surface area contributed by atoms with Gasteiger partial charge >= 0.3 is 0 Å². The molecular weight excluding hydrogens is 280 g/mol. The van der Waals surface area contributed by atoms with Crippen molar-refractivity contribution in [3.05, 3.63) is 52.3 Å². The van der Waals surface area contributed by atoms with Crippen LogP contribution in [0.3, 0.4) is 0 Å². The number of benzene rings is 1. The fraction of sp³-hybridized carbons (Fsp3) is 0.214. The van der Waals surface area contributed by atoms with E-state index in [1.54, 1.807) is 11.3 Å². The Hall–Kier alpha value is -1.95. The Kier molecular flexibility index (Phi) is 3.17. The number of anilines is 1. The summed E-state index contributed by atoms with van der Waals surface area (Å²) in [7, 11) is 0. The Morgan fingerprint density at radius 1 is 1.25 bits per heavy atom. The average Bonchev–Trinajstić information content (AvgIpc) is 2.93. The van der Waals surface area contributed by atoms with Crippen LogP contribution in [-0.4, -0.2) is 9.38 Å². The van der Waals surface area contributed by atoms with Gasteiger partial charge in [0.25, 0.3) is 0 Å². The average molecular weight is 293 g/mol. The molecule has 0 saturated heterocycles. The number of aromatic nitrogens is 2. The fourth-order valence-electron chi connectivity index (χ4n) is 2.11. The van der Waals surface area contributed by atoms with E-state index in [2.05, 4.69) is 10.3 Å². The van der Waals surface area contributed by atoms with E-state index in [9.17, 15) is 8.78 Å². The zero-order chi connectivity index (χ0) is 14.3. The van der Waals surface area contributed by atoms with Crippen molar-refractivity contribution in [3.8, 4) is 0 Å². The molecule has 20 heavy (non-hydrogen) atoms. The van der Waals surface area contributed by atoms with Gasteiger partial charge in [0.1, 0.15) is 11.6 Å². The zero-order valence-electron chi connectivity index (χ0n) is 11.1. The standard InChI is InChI=1S/C14H13F2N3S/c1-8-5-11(16)12(6-10(8)15)17-7-13-9(2)18-14-19(13)3-4-20-14/h3-6,17H,7H2,1-2H3. The van der Waals surface area contributed by atoms with Crippen molar-refractivity contribution in [1.82, 2.24) is 9.38 Å². The Labute approximate surface area is 118 Å². The highest BCUT2D eigenvalue weighted by atomic mass is 32.1. The molecule has 6 heteroatoms. The number of imidazole rings is 1. The first-order valence-corrected chi connectivity index (χ1v) is 7.05. The van der Waals surface area contributed by atoms with Crippen LogP contribution >= 0.6 is 11.3 Å². The maximum atomic E-state index is 13.8. The van der Waals surface area contributed by atoms with E-state index in [4.69, 9.17) is 0 Å². The van der Waals surface area contributed by atoms with E-state index in [1.807, 2.05) is 22.9 Å². The fourth-order valence-corrected chi connectivity index (χ4v) is 2.89. The van der Waals surface area contributed by atoms with Crippen LogP contribution in [0.5, 0.6) is 0 Å². The summed E-state index contributed by atoms with van der Waals surface area (Å²) in [6.45, 7) is 3.84. The van der Waals surface area contributed by atoms with Gasteiger partial charge < -0.3 is 5.32 Å². The van der Waals surface area contributed by atoms with Crippen LogP contribution in [0.2, 0.25) is 0 Å². The Balaban J connectivity index is 1.88. The van der Waals surface area contributed by atoms with E-state index in [-0.39, 0.29) is 5.69 Å². The molecule has 2 aromatic heterocycles. The maximum absolute atomic E-state index is 13.8. The van der Waals surface area contributed by atoms with Gasteiger partial charge in [-0.3, -0.25) is 4.40 Å². The molecule has 3 nitrogen and oxygen atoms in total. The van der Waals surface area contributed by atoms with Crippen LogP contribution in [0.15, 0.2) is 23.7 Å². The first kappa shape index (κ1) is 13.1. The largest absolute Gasteiger partial charge is 0.377 e. The molecule has 0 radical (unpaired) electrons. The number of rotatable bonds is 3. The van der Waals surface area contributed by atoms with Crippen LogP contribution in [0.1, 0.15) is 17.0 Å². The van der Waals surface area contributed by atoms with Crippen LogP contribution < -0.4 is 5.32 Å². The highest BCUT2D eigenvalue weighted by molar-refractivity contribution is 7.15. The van der Waals surface area contributed by atoms with Gasteiger partial charge in [0, 0.05) is 17.6 Å². The maximum Gasteiger partial charge on any atom is 0.194 e. The molecule has 0 aliphatic heterocycles. The predicted molar refractivity (Wildman–Crippen MR) is 76.2 cm³/mol. The second kappa shape index (κ2) is 4.86. The van der Waals surface area contributed by atoms with Crippen molar-refractivity contribution in [3.63, 3.8) is 0 Å². The highest BCUT2D eigenvalue weighted by Gasteiger charge is 2.11. The van der Waals surface area contributed by atoms with E-state index in [1.165, 1.54) is 19.1 Å². The Morgan fingerprint density at radius 3 is 2.85 bits per heavy atom.